The summed E-state index contributed by atoms with van der Waals surface area (Å²) in [7, 11) is -3.43. The Kier molecular flexibility index (Phi) is 5.27. The molecule has 0 N–H and O–H groups in total. The van der Waals surface area contributed by atoms with Crippen LogP contribution in [0.15, 0.2) is 0 Å². The van der Waals surface area contributed by atoms with Crippen molar-refractivity contribution in [1.82, 2.24) is 9.80 Å². The van der Waals surface area contributed by atoms with Gasteiger partial charge in [0.15, 0.2) is 0 Å². The molecule has 2 aliphatic heterocycles. The molecule has 134 valence electrons. The van der Waals surface area contributed by atoms with Crippen LogP contribution in [0.2, 0.25) is 0 Å². The molecule has 0 spiro atoms. The maximum Gasteiger partial charge on any atom is 0.410 e. The van der Waals surface area contributed by atoms with E-state index in [1.807, 2.05) is 27.7 Å². The smallest absolute Gasteiger partial charge is 0.410 e. The van der Waals surface area contributed by atoms with Crippen LogP contribution in [-0.2, 0) is 19.0 Å². The fourth-order valence-corrected chi connectivity index (χ4v) is 4.03. The minimum absolute atomic E-state index is 0.0396. The predicted molar refractivity (Wildman–Crippen MR) is 86.7 cm³/mol. The van der Waals surface area contributed by atoms with Crippen LogP contribution in [0.25, 0.3) is 0 Å². The zero-order chi connectivity index (χ0) is 17.4. The van der Waals surface area contributed by atoms with Crippen LogP contribution >= 0.6 is 0 Å². The number of rotatable bonds is 2. The van der Waals surface area contributed by atoms with E-state index in [4.69, 9.17) is 8.92 Å². The summed E-state index contributed by atoms with van der Waals surface area (Å²) in [5.41, 5.74) is -0.505. The van der Waals surface area contributed by atoms with Crippen molar-refractivity contribution in [3.63, 3.8) is 0 Å². The highest BCUT2D eigenvalue weighted by molar-refractivity contribution is 7.86. The highest BCUT2D eigenvalue weighted by Gasteiger charge is 2.41. The largest absolute Gasteiger partial charge is 0.444 e. The molecule has 0 saturated carbocycles. The van der Waals surface area contributed by atoms with E-state index >= 15 is 0 Å². The Hall–Kier alpha value is -0.860. The lowest BCUT2D eigenvalue weighted by atomic mass is 9.92. The van der Waals surface area contributed by atoms with Crippen LogP contribution in [0.1, 0.15) is 40.5 Å². The molecule has 0 aliphatic carbocycles. The lowest BCUT2D eigenvalue weighted by Gasteiger charge is -2.49. The summed E-state index contributed by atoms with van der Waals surface area (Å²) in [5, 5.41) is 0. The summed E-state index contributed by atoms with van der Waals surface area (Å²) in [4.78, 5) is 16.3. The van der Waals surface area contributed by atoms with Crippen molar-refractivity contribution in [2.75, 3.05) is 25.9 Å². The van der Waals surface area contributed by atoms with Gasteiger partial charge in [0.1, 0.15) is 5.60 Å². The molecule has 2 aliphatic rings. The zero-order valence-corrected chi connectivity index (χ0v) is 15.4. The Bertz CT molecular complexity index is 543. The topological polar surface area (TPSA) is 76.2 Å². The number of hydrogen-bond acceptors (Lipinski definition) is 6. The van der Waals surface area contributed by atoms with Crippen molar-refractivity contribution >= 4 is 16.2 Å². The number of ether oxygens (including phenoxy) is 1. The molecule has 1 amide bonds. The van der Waals surface area contributed by atoms with Gasteiger partial charge in [-0.15, -0.1) is 0 Å². The summed E-state index contributed by atoms with van der Waals surface area (Å²) in [5.74, 6) is 0. The summed E-state index contributed by atoms with van der Waals surface area (Å²) >= 11 is 0. The van der Waals surface area contributed by atoms with Crippen LogP contribution in [0.4, 0.5) is 4.79 Å². The van der Waals surface area contributed by atoms with E-state index in [0.29, 0.717) is 26.1 Å². The Labute approximate surface area is 139 Å². The molecule has 2 saturated heterocycles. The Morgan fingerprint density at radius 2 is 1.83 bits per heavy atom. The van der Waals surface area contributed by atoms with Crippen molar-refractivity contribution in [1.29, 1.82) is 0 Å². The third-order valence-corrected chi connectivity index (χ3v) is 4.93. The quantitative estimate of drug-likeness (QED) is 0.703. The first kappa shape index (κ1) is 18.5. The highest BCUT2D eigenvalue weighted by atomic mass is 32.2. The molecule has 0 bridgehead atoms. The van der Waals surface area contributed by atoms with Crippen molar-refractivity contribution in [3.8, 4) is 0 Å². The van der Waals surface area contributed by atoms with Crippen LogP contribution in [0.5, 0.6) is 0 Å². The number of hydrogen-bond donors (Lipinski definition) is 0. The minimum Gasteiger partial charge on any atom is -0.444 e. The fraction of sp³-hybridized carbons (Fsp3) is 0.933. The number of piperidine rings is 1. The summed E-state index contributed by atoms with van der Waals surface area (Å²) in [6.07, 6.45) is 2.00. The van der Waals surface area contributed by atoms with E-state index in [2.05, 4.69) is 4.90 Å². The van der Waals surface area contributed by atoms with Gasteiger partial charge in [-0.1, -0.05) is 0 Å². The highest BCUT2D eigenvalue weighted by Crippen LogP contribution is 2.29. The lowest BCUT2D eigenvalue weighted by molar-refractivity contribution is -0.0412. The average Bonchev–Trinajstić information content (AvgIpc) is 2.34. The Balaban J connectivity index is 1.97. The van der Waals surface area contributed by atoms with Gasteiger partial charge in [-0.3, -0.25) is 9.08 Å². The average molecular weight is 348 g/mol. The lowest BCUT2D eigenvalue weighted by Crippen LogP contribution is -2.63. The predicted octanol–water partition coefficient (Wildman–Crippen LogP) is 1.43. The molecule has 23 heavy (non-hydrogen) atoms. The van der Waals surface area contributed by atoms with Crippen molar-refractivity contribution in [2.45, 2.75) is 64.3 Å². The summed E-state index contributed by atoms with van der Waals surface area (Å²) in [6, 6.07) is 0.258. The zero-order valence-electron chi connectivity index (χ0n) is 14.6. The molecule has 2 heterocycles. The van der Waals surface area contributed by atoms with Gasteiger partial charge in [0, 0.05) is 31.7 Å². The van der Waals surface area contributed by atoms with Gasteiger partial charge >= 0.3 is 6.09 Å². The van der Waals surface area contributed by atoms with Gasteiger partial charge in [0.2, 0.25) is 0 Å². The van der Waals surface area contributed by atoms with Gasteiger partial charge in [-0.25, -0.2) is 4.79 Å². The van der Waals surface area contributed by atoms with Crippen LogP contribution in [-0.4, -0.2) is 74.0 Å². The van der Waals surface area contributed by atoms with Crippen molar-refractivity contribution in [2.24, 2.45) is 0 Å². The fourth-order valence-electron chi connectivity index (χ4n) is 3.38. The van der Waals surface area contributed by atoms with Crippen LogP contribution in [0.3, 0.4) is 0 Å². The third-order valence-electron chi connectivity index (χ3n) is 4.31. The van der Waals surface area contributed by atoms with E-state index in [9.17, 15) is 13.2 Å². The molecule has 2 fully saturated rings. The Morgan fingerprint density at radius 1 is 1.17 bits per heavy atom. The van der Waals surface area contributed by atoms with E-state index in [1.54, 1.807) is 4.90 Å². The maximum atomic E-state index is 12.3. The molecular formula is C15H28N2O5S. The molecule has 0 aromatic carbocycles. The van der Waals surface area contributed by atoms with Gasteiger partial charge in [-0.05, 0) is 40.5 Å². The second kappa shape index (κ2) is 6.57. The molecule has 0 radical (unpaired) electrons. The van der Waals surface area contributed by atoms with Gasteiger partial charge in [0.25, 0.3) is 10.1 Å². The number of amides is 1. The molecule has 7 nitrogen and oxygen atoms in total. The SMILES string of the molecule is CC1[C@@H]2CC[C@@H](OS(C)(=O)=O)CN2CCN1C(=O)OC(C)(C)C. The van der Waals surface area contributed by atoms with E-state index in [0.717, 1.165) is 12.7 Å². The molecule has 1 unspecified atom stereocenters. The molecule has 0 aromatic rings. The monoisotopic (exact) mass is 348 g/mol. The maximum absolute atomic E-state index is 12.3. The van der Waals surface area contributed by atoms with Gasteiger partial charge in [-0.2, -0.15) is 8.42 Å². The number of carbonyl (C=O) groups is 1. The minimum atomic E-state index is -3.43. The molecule has 8 heteroatoms. The normalized spacial score (nSPS) is 30.0. The van der Waals surface area contributed by atoms with E-state index in [1.165, 1.54) is 0 Å². The summed E-state index contributed by atoms with van der Waals surface area (Å²) < 4.78 is 33.2. The first-order chi connectivity index (χ1) is 10.5. The van der Waals surface area contributed by atoms with Gasteiger partial charge < -0.3 is 9.64 Å². The number of piperazine rings is 1. The van der Waals surface area contributed by atoms with Gasteiger partial charge in [0.05, 0.1) is 12.4 Å². The number of fused-ring (bicyclic) bond motifs is 1. The molecular weight excluding hydrogens is 320 g/mol. The second-order valence-corrected chi connectivity index (χ2v) is 9.08. The summed E-state index contributed by atoms with van der Waals surface area (Å²) in [6.45, 7) is 9.48. The van der Waals surface area contributed by atoms with Crippen molar-refractivity contribution < 1.29 is 22.1 Å². The molecule has 3 atom stereocenters. The first-order valence-electron chi connectivity index (χ1n) is 8.08. The second-order valence-electron chi connectivity index (χ2n) is 7.48. The Morgan fingerprint density at radius 3 is 2.39 bits per heavy atom. The first-order valence-corrected chi connectivity index (χ1v) is 9.90. The van der Waals surface area contributed by atoms with Crippen molar-refractivity contribution in [3.05, 3.63) is 0 Å². The van der Waals surface area contributed by atoms with Crippen LogP contribution < -0.4 is 0 Å². The van der Waals surface area contributed by atoms with E-state index in [-0.39, 0.29) is 24.3 Å². The standard InChI is InChI=1S/C15H28N2O5S/c1-11-13-7-6-12(22-23(5,19)20)10-16(13)8-9-17(11)14(18)21-15(2,3)4/h11-13H,6-10H2,1-5H3/t11?,12-,13+/m1/s1. The molecule has 0 aromatic heterocycles. The number of nitrogens with zero attached hydrogens (tertiary/aromatic N) is 2. The van der Waals surface area contributed by atoms with Crippen LogP contribution in [0, 0.1) is 0 Å². The number of carbonyl (C=O) groups excluding carboxylic acids is 1. The third kappa shape index (κ3) is 5.06. The molecule has 2 rings (SSSR count). The van der Waals surface area contributed by atoms with E-state index < -0.39 is 15.7 Å².